The van der Waals surface area contributed by atoms with Crippen molar-refractivity contribution in [2.75, 3.05) is 27.3 Å². The molecule has 1 heterocycles. The Bertz CT molecular complexity index is 547. The van der Waals surface area contributed by atoms with Gasteiger partial charge in [-0.15, -0.1) is 0 Å². The lowest BCUT2D eigenvalue weighted by atomic mass is 10.2. The summed E-state index contributed by atoms with van der Waals surface area (Å²) in [5.41, 5.74) is 0.0180. The minimum absolute atomic E-state index is 0.0180. The van der Waals surface area contributed by atoms with E-state index < -0.39 is 30.9 Å². The topological polar surface area (TPSA) is 85.8 Å². The van der Waals surface area contributed by atoms with Crippen LogP contribution in [-0.4, -0.2) is 55.0 Å². The maximum absolute atomic E-state index is 12.4. The Balaban J connectivity index is 3.05. The van der Waals surface area contributed by atoms with Gasteiger partial charge in [-0.1, -0.05) is 23.2 Å². The monoisotopic (exact) mass is 334 g/mol. The van der Waals surface area contributed by atoms with Crippen molar-refractivity contribution < 1.29 is 23.9 Å². The van der Waals surface area contributed by atoms with E-state index in [9.17, 15) is 14.4 Å². The van der Waals surface area contributed by atoms with Crippen LogP contribution in [0.5, 0.6) is 0 Å². The fraction of sp³-hybridized carbons (Fsp3) is 0.333. The third-order valence-electron chi connectivity index (χ3n) is 2.43. The third kappa shape index (κ3) is 4.87. The molecule has 1 rings (SSSR count). The van der Waals surface area contributed by atoms with Gasteiger partial charge < -0.3 is 14.4 Å². The summed E-state index contributed by atoms with van der Waals surface area (Å²) in [5, 5.41) is 0.1000. The smallest absolute Gasteiger partial charge is 0.325 e. The molecule has 1 aromatic rings. The van der Waals surface area contributed by atoms with Gasteiger partial charge in [0, 0.05) is 6.20 Å². The molecule has 7 nitrogen and oxygen atoms in total. The highest BCUT2D eigenvalue weighted by atomic mass is 35.5. The van der Waals surface area contributed by atoms with Crippen molar-refractivity contribution in [2.24, 2.45) is 0 Å². The van der Waals surface area contributed by atoms with Gasteiger partial charge in [-0.2, -0.15) is 0 Å². The predicted octanol–water partition coefficient (Wildman–Crippen LogP) is 1.18. The second-order valence-corrected chi connectivity index (χ2v) is 4.59. The third-order valence-corrected chi connectivity index (χ3v) is 2.94. The SMILES string of the molecule is COC(=O)CN(CC(=O)OC)C(=O)c1cc(Cl)ncc1Cl. The molecule has 0 aliphatic rings. The summed E-state index contributed by atoms with van der Waals surface area (Å²) in [4.78, 5) is 39.7. The molecule has 0 aliphatic carbocycles. The van der Waals surface area contributed by atoms with E-state index in [0.29, 0.717) is 0 Å². The molecule has 1 aromatic heterocycles. The zero-order chi connectivity index (χ0) is 16.0. The number of nitrogens with zero attached hydrogens (tertiary/aromatic N) is 2. The highest BCUT2D eigenvalue weighted by molar-refractivity contribution is 6.35. The number of methoxy groups -OCH3 is 2. The van der Waals surface area contributed by atoms with Crippen molar-refractivity contribution >= 4 is 41.0 Å². The molecule has 0 saturated carbocycles. The quantitative estimate of drug-likeness (QED) is 0.593. The van der Waals surface area contributed by atoms with Crippen molar-refractivity contribution in [1.29, 1.82) is 0 Å². The predicted molar refractivity (Wildman–Crippen MR) is 74.2 cm³/mol. The van der Waals surface area contributed by atoms with Crippen LogP contribution in [-0.2, 0) is 19.1 Å². The molecular weight excluding hydrogens is 323 g/mol. The van der Waals surface area contributed by atoms with E-state index in [1.807, 2.05) is 0 Å². The summed E-state index contributed by atoms with van der Waals surface area (Å²) in [6.07, 6.45) is 1.20. The number of hydrogen-bond donors (Lipinski definition) is 0. The van der Waals surface area contributed by atoms with Crippen LogP contribution in [0.15, 0.2) is 12.3 Å². The molecule has 0 aliphatic heterocycles. The van der Waals surface area contributed by atoms with Gasteiger partial charge >= 0.3 is 11.9 Å². The highest BCUT2D eigenvalue weighted by Gasteiger charge is 2.24. The molecule has 0 atom stereocenters. The van der Waals surface area contributed by atoms with Crippen molar-refractivity contribution in [1.82, 2.24) is 9.88 Å². The minimum Gasteiger partial charge on any atom is -0.468 e. The Hall–Kier alpha value is -1.86. The summed E-state index contributed by atoms with van der Waals surface area (Å²) in [6, 6.07) is 1.24. The summed E-state index contributed by atoms with van der Waals surface area (Å²) < 4.78 is 8.96. The zero-order valence-corrected chi connectivity index (χ0v) is 12.8. The second kappa shape index (κ2) is 7.80. The van der Waals surface area contributed by atoms with E-state index >= 15 is 0 Å². The summed E-state index contributed by atoms with van der Waals surface area (Å²) in [6.45, 7) is -0.860. The number of carbonyl (C=O) groups excluding carboxylic acids is 3. The van der Waals surface area contributed by atoms with Gasteiger partial charge in [0.2, 0.25) is 0 Å². The van der Waals surface area contributed by atoms with Gasteiger partial charge in [-0.25, -0.2) is 4.98 Å². The lowest BCUT2D eigenvalue weighted by molar-refractivity contribution is -0.144. The lowest BCUT2D eigenvalue weighted by Gasteiger charge is -2.20. The van der Waals surface area contributed by atoms with Crippen molar-refractivity contribution in [3.8, 4) is 0 Å². The number of hydrogen-bond acceptors (Lipinski definition) is 6. The van der Waals surface area contributed by atoms with E-state index in [2.05, 4.69) is 14.5 Å². The molecule has 21 heavy (non-hydrogen) atoms. The van der Waals surface area contributed by atoms with E-state index in [-0.39, 0.29) is 15.7 Å². The average Bonchev–Trinajstić information content (AvgIpc) is 2.47. The fourth-order valence-corrected chi connectivity index (χ4v) is 1.73. The number of pyridine rings is 1. The number of halogens is 2. The highest BCUT2D eigenvalue weighted by Crippen LogP contribution is 2.20. The first-order valence-corrected chi connectivity index (χ1v) is 6.38. The minimum atomic E-state index is -0.691. The summed E-state index contributed by atoms with van der Waals surface area (Å²) in [5.74, 6) is -2.05. The molecule has 0 radical (unpaired) electrons. The molecule has 114 valence electrons. The van der Waals surface area contributed by atoms with Crippen LogP contribution < -0.4 is 0 Å². The number of ether oxygens (including phenoxy) is 2. The molecule has 1 amide bonds. The Morgan fingerprint density at radius 3 is 2.14 bits per heavy atom. The van der Waals surface area contributed by atoms with Crippen molar-refractivity contribution in [3.63, 3.8) is 0 Å². The first-order valence-electron chi connectivity index (χ1n) is 5.63. The molecule has 0 spiro atoms. The van der Waals surface area contributed by atoms with Crippen LogP contribution >= 0.6 is 23.2 Å². The molecule has 0 aromatic carbocycles. The van der Waals surface area contributed by atoms with Crippen LogP contribution in [0, 0.1) is 0 Å². The van der Waals surface area contributed by atoms with Gasteiger partial charge in [0.15, 0.2) is 0 Å². The van der Waals surface area contributed by atoms with E-state index in [0.717, 1.165) is 4.90 Å². The average molecular weight is 335 g/mol. The van der Waals surface area contributed by atoms with Gasteiger partial charge in [-0.05, 0) is 6.07 Å². The van der Waals surface area contributed by atoms with E-state index in [4.69, 9.17) is 23.2 Å². The van der Waals surface area contributed by atoms with E-state index in [1.54, 1.807) is 0 Å². The zero-order valence-electron chi connectivity index (χ0n) is 11.3. The lowest BCUT2D eigenvalue weighted by Crippen LogP contribution is -2.40. The second-order valence-electron chi connectivity index (χ2n) is 3.80. The van der Waals surface area contributed by atoms with Crippen LogP contribution in [0.2, 0.25) is 10.2 Å². The molecule has 9 heteroatoms. The maximum atomic E-state index is 12.4. The standard InChI is InChI=1S/C12H12Cl2N2O5/c1-20-10(17)5-16(6-11(18)21-2)12(19)7-3-9(14)15-4-8(7)13/h3-4H,5-6H2,1-2H3. The molecule has 0 bridgehead atoms. The van der Waals surface area contributed by atoms with Crippen LogP contribution in [0.3, 0.4) is 0 Å². The van der Waals surface area contributed by atoms with Gasteiger partial charge in [-0.3, -0.25) is 14.4 Å². The number of carbonyl (C=O) groups is 3. The number of esters is 2. The van der Waals surface area contributed by atoms with E-state index in [1.165, 1.54) is 26.5 Å². The molecule has 0 N–H and O–H groups in total. The fourth-order valence-electron chi connectivity index (χ4n) is 1.39. The Morgan fingerprint density at radius 2 is 1.67 bits per heavy atom. The molecule has 0 unspecified atom stereocenters. The number of rotatable bonds is 5. The summed E-state index contributed by atoms with van der Waals surface area (Å²) >= 11 is 11.6. The Kier molecular flexibility index (Phi) is 6.39. The number of amides is 1. The normalized spacial score (nSPS) is 9.90. The molecular formula is C12H12Cl2N2O5. The largest absolute Gasteiger partial charge is 0.468 e. The first-order chi connectivity index (χ1) is 9.88. The van der Waals surface area contributed by atoms with Crippen LogP contribution in [0.4, 0.5) is 0 Å². The Labute approximate surface area is 130 Å². The van der Waals surface area contributed by atoms with Gasteiger partial charge in [0.1, 0.15) is 18.2 Å². The van der Waals surface area contributed by atoms with Crippen molar-refractivity contribution in [2.45, 2.75) is 0 Å². The first kappa shape index (κ1) is 17.2. The van der Waals surface area contributed by atoms with Crippen LogP contribution in [0.1, 0.15) is 10.4 Å². The summed E-state index contributed by atoms with van der Waals surface area (Å²) in [7, 11) is 2.33. The molecule has 0 fully saturated rings. The maximum Gasteiger partial charge on any atom is 0.325 e. The van der Waals surface area contributed by atoms with Crippen molar-refractivity contribution in [3.05, 3.63) is 28.0 Å². The number of aromatic nitrogens is 1. The van der Waals surface area contributed by atoms with Gasteiger partial charge in [0.25, 0.3) is 5.91 Å². The Morgan fingerprint density at radius 1 is 1.14 bits per heavy atom. The van der Waals surface area contributed by atoms with Crippen LogP contribution in [0.25, 0.3) is 0 Å². The van der Waals surface area contributed by atoms with Gasteiger partial charge in [0.05, 0.1) is 24.8 Å². The molecule has 0 saturated heterocycles.